The van der Waals surface area contributed by atoms with Gasteiger partial charge in [0.15, 0.2) is 0 Å². The third kappa shape index (κ3) is 4.68. The predicted molar refractivity (Wildman–Crippen MR) is 126 cm³/mol. The number of H-pyrrole nitrogens is 1. The number of nitrogens with one attached hydrogen (secondary N) is 2. The molecule has 4 rings (SSSR count). The van der Waals surface area contributed by atoms with E-state index in [1.165, 1.54) is 11.1 Å². The molecule has 0 amide bonds. The fourth-order valence-electron chi connectivity index (χ4n) is 3.87. The highest BCUT2D eigenvalue weighted by Crippen LogP contribution is 2.22. The van der Waals surface area contributed by atoms with Crippen LogP contribution in [0.5, 0.6) is 5.75 Å². The number of aliphatic hydroxyl groups excluding tert-OH is 1. The third-order valence-corrected chi connectivity index (χ3v) is 5.59. The van der Waals surface area contributed by atoms with Gasteiger partial charge in [0.2, 0.25) is 0 Å². The van der Waals surface area contributed by atoms with Gasteiger partial charge < -0.3 is 20.5 Å². The highest BCUT2D eigenvalue weighted by Gasteiger charge is 2.12. The number of pyridine rings is 1. The zero-order valence-electron chi connectivity index (χ0n) is 18.4. The van der Waals surface area contributed by atoms with E-state index >= 15 is 0 Å². The standard InChI is InChI=1S/C25H28N4O3/c1-16-5-8-19(4-3-11-30)21(12-16)26-14-18-7-9-20-23(13-18)29(25(32)28-20)15-22-24(31)10-6-17(2)27-22/h5-10,12-13,26,30-31H,3-4,11,14-15H2,1-2H3,(H,28,32). The smallest absolute Gasteiger partial charge is 0.326 e. The van der Waals surface area contributed by atoms with Gasteiger partial charge >= 0.3 is 5.69 Å². The van der Waals surface area contributed by atoms with Crippen molar-refractivity contribution in [1.29, 1.82) is 0 Å². The number of imidazole rings is 1. The lowest BCUT2D eigenvalue weighted by Gasteiger charge is -2.13. The normalized spacial score (nSPS) is 11.2. The molecule has 32 heavy (non-hydrogen) atoms. The number of hydrogen-bond acceptors (Lipinski definition) is 5. The van der Waals surface area contributed by atoms with Gasteiger partial charge in [-0.1, -0.05) is 18.2 Å². The van der Waals surface area contributed by atoms with E-state index in [0.717, 1.165) is 40.8 Å². The number of fused-ring (bicyclic) bond motifs is 1. The van der Waals surface area contributed by atoms with Crippen molar-refractivity contribution in [2.75, 3.05) is 11.9 Å². The largest absolute Gasteiger partial charge is 0.506 e. The lowest BCUT2D eigenvalue weighted by atomic mass is 10.0. The Morgan fingerprint density at radius 3 is 2.75 bits per heavy atom. The predicted octanol–water partition coefficient (Wildman–Crippen LogP) is 3.63. The van der Waals surface area contributed by atoms with E-state index in [1.807, 2.05) is 25.1 Å². The minimum atomic E-state index is -0.238. The summed E-state index contributed by atoms with van der Waals surface area (Å²) in [6, 6.07) is 15.5. The van der Waals surface area contributed by atoms with Crippen LogP contribution < -0.4 is 11.0 Å². The maximum atomic E-state index is 12.6. The van der Waals surface area contributed by atoms with Crippen LogP contribution in [0.15, 0.2) is 53.3 Å². The van der Waals surface area contributed by atoms with Gasteiger partial charge in [-0.2, -0.15) is 0 Å². The van der Waals surface area contributed by atoms with E-state index in [0.29, 0.717) is 12.2 Å². The molecule has 0 radical (unpaired) electrons. The molecular formula is C25H28N4O3. The molecule has 166 valence electrons. The highest BCUT2D eigenvalue weighted by molar-refractivity contribution is 5.76. The Bertz CT molecular complexity index is 1310. The van der Waals surface area contributed by atoms with Gasteiger partial charge in [0.05, 0.1) is 17.6 Å². The van der Waals surface area contributed by atoms with Crippen LogP contribution in [-0.2, 0) is 19.5 Å². The Morgan fingerprint density at radius 2 is 1.94 bits per heavy atom. The Hall–Kier alpha value is -3.58. The Kier molecular flexibility index (Phi) is 6.28. The molecule has 4 N–H and O–H groups in total. The molecule has 0 bridgehead atoms. The summed E-state index contributed by atoms with van der Waals surface area (Å²) >= 11 is 0. The van der Waals surface area contributed by atoms with Gasteiger partial charge in [0.1, 0.15) is 11.4 Å². The maximum absolute atomic E-state index is 12.6. The average molecular weight is 433 g/mol. The lowest BCUT2D eigenvalue weighted by Crippen LogP contribution is -2.18. The Balaban J connectivity index is 1.60. The molecule has 2 aromatic heterocycles. The molecule has 0 atom stereocenters. The molecule has 0 aliphatic carbocycles. The summed E-state index contributed by atoms with van der Waals surface area (Å²) in [6.45, 7) is 4.86. The van der Waals surface area contributed by atoms with Crippen molar-refractivity contribution in [2.45, 2.75) is 39.8 Å². The number of aromatic nitrogens is 3. The second kappa shape index (κ2) is 9.28. The molecule has 0 aliphatic heterocycles. The van der Waals surface area contributed by atoms with Crippen LogP contribution in [0, 0.1) is 13.8 Å². The average Bonchev–Trinajstić information content (AvgIpc) is 3.08. The van der Waals surface area contributed by atoms with Crippen LogP contribution in [-0.4, -0.2) is 31.4 Å². The zero-order chi connectivity index (χ0) is 22.7. The van der Waals surface area contributed by atoms with Gasteiger partial charge in [-0.25, -0.2) is 4.79 Å². The Labute approximate surface area is 186 Å². The SMILES string of the molecule is Cc1ccc(CCCO)c(NCc2ccc3[nH]c(=O)n(Cc4nc(C)ccc4O)c3c2)c1. The summed E-state index contributed by atoms with van der Waals surface area (Å²) < 4.78 is 1.60. The lowest BCUT2D eigenvalue weighted by molar-refractivity contribution is 0.288. The number of aromatic hydroxyl groups is 1. The van der Waals surface area contributed by atoms with Crippen molar-refractivity contribution in [2.24, 2.45) is 0 Å². The number of aryl methyl sites for hydroxylation is 3. The summed E-state index contributed by atoms with van der Waals surface area (Å²) in [5.74, 6) is 0.0736. The first-order valence-corrected chi connectivity index (χ1v) is 10.8. The second-order valence-electron chi connectivity index (χ2n) is 8.13. The van der Waals surface area contributed by atoms with Gasteiger partial charge in [-0.3, -0.25) is 9.55 Å². The molecule has 7 heteroatoms. The second-order valence-corrected chi connectivity index (χ2v) is 8.13. The molecular weight excluding hydrogens is 404 g/mol. The summed E-state index contributed by atoms with van der Waals surface area (Å²) in [7, 11) is 0. The van der Waals surface area contributed by atoms with Gasteiger partial charge in [0.25, 0.3) is 0 Å². The number of aliphatic hydroxyl groups is 1. The number of rotatable bonds is 8. The van der Waals surface area contributed by atoms with Crippen molar-refractivity contribution < 1.29 is 10.2 Å². The fourth-order valence-corrected chi connectivity index (χ4v) is 3.87. The summed E-state index contributed by atoms with van der Waals surface area (Å²) in [5.41, 5.74) is 6.94. The van der Waals surface area contributed by atoms with Gasteiger partial charge in [0, 0.05) is 24.5 Å². The van der Waals surface area contributed by atoms with E-state index < -0.39 is 0 Å². The van der Waals surface area contributed by atoms with E-state index in [2.05, 4.69) is 40.4 Å². The summed E-state index contributed by atoms with van der Waals surface area (Å²) in [5, 5.41) is 22.8. The van der Waals surface area contributed by atoms with Gasteiger partial charge in [-0.15, -0.1) is 0 Å². The third-order valence-electron chi connectivity index (χ3n) is 5.59. The molecule has 0 spiro atoms. The van der Waals surface area contributed by atoms with Crippen molar-refractivity contribution in [3.05, 3.63) is 87.1 Å². The van der Waals surface area contributed by atoms with Crippen LogP contribution in [0.3, 0.4) is 0 Å². The number of anilines is 1. The van der Waals surface area contributed by atoms with Crippen molar-refractivity contribution in [3.8, 4) is 5.75 Å². The molecule has 0 fully saturated rings. The summed E-state index contributed by atoms with van der Waals surface area (Å²) in [4.78, 5) is 19.8. The van der Waals surface area contributed by atoms with Crippen LogP contribution >= 0.6 is 0 Å². The minimum Gasteiger partial charge on any atom is -0.506 e. The number of nitrogens with zero attached hydrogens (tertiary/aromatic N) is 2. The molecule has 7 nitrogen and oxygen atoms in total. The molecule has 0 saturated carbocycles. The van der Waals surface area contributed by atoms with Crippen molar-refractivity contribution in [3.63, 3.8) is 0 Å². The summed E-state index contributed by atoms with van der Waals surface area (Å²) in [6.07, 6.45) is 1.53. The molecule has 2 aromatic carbocycles. The van der Waals surface area contributed by atoms with E-state index in [-0.39, 0.29) is 24.6 Å². The maximum Gasteiger partial charge on any atom is 0.326 e. The van der Waals surface area contributed by atoms with Crippen molar-refractivity contribution in [1.82, 2.24) is 14.5 Å². The first-order valence-electron chi connectivity index (χ1n) is 10.8. The number of aromatic amines is 1. The van der Waals surface area contributed by atoms with E-state index in [9.17, 15) is 15.0 Å². The fraction of sp³-hybridized carbons (Fsp3) is 0.280. The molecule has 0 unspecified atom stereocenters. The molecule has 0 aliphatic rings. The van der Waals surface area contributed by atoms with Crippen LogP contribution in [0.4, 0.5) is 5.69 Å². The van der Waals surface area contributed by atoms with Crippen LogP contribution in [0.2, 0.25) is 0 Å². The first-order chi connectivity index (χ1) is 15.4. The number of hydrogen-bond donors (Lipinski definition) is 4. The topological polar surface area (TPSA) is 103 Å². The Morgan fingerprint density at radius 1 is 1.09 bits per heavy atom. The van der Waals surface area contributed by atoms with Gasteiger partial charge in [-0.05, 0) is 73.7 Å². The first kappa shape index (κ1) is 21.6. The number of benzene rings is 2. The van der Waals surface area contributed by atoms with Crippen LogP contribution in [0.25, 0.3) is 11.0 Å². The zero-order valence-corrected chi connectivity index (χ0v) is 18.4. The molecule has 2 heterocycles. The quantitative estimate of drug-likeness (QED) is 0.340. The van der Waals surface area contributed by atoms with Crippen LogP contribution in [0.1, 0.15) is 34.5 Å². The molecule has 0 saturated heterocycles. The van der Waals surface area contributed by atoms with Crippen molar-refractivity contribution >= 4 is 16.7 Å². The highest BCUT2D eigenvalue weighted by atomic mass is 16.3. The minimum absolute atomic E-state index is 0.0736. The van der Waals surface area contributed by atoms with E-state index in [4.69, 9.17) is 0 Å². The van der Waals surface area contributed by atoms with E-state index in [1.54, 1.807) is 16.7 Å². The monoisotopic (exact) mass is 432 g/mol. The molecule has 4 aromatic rings.